The molecular formula is C12H19NO3. The van der Waals surface area contributed by atoms with Crippen LogP contribution in [0.2, 0.25) is 0 Å². The molecule has 0 heterocycles. The summed E-state index contributed by atoms with van der Waals surface area (Å²) in [5.74, 6) is -0.607. The maximum Gasteiger partial charge on any atom is 0.330 e. The van der Waals surface area contributed by atoms with Gasteiger partial charge in [-0.25, -0.2) is 4.79 Å². The average molecular weight is 225 g/mol. The number of carbonyl (C=O) groups excluding carboxylic acids is 2. The quantitative estimate of drug-likeness (QED) is 0.465. The zero-order valence-corrected chi connectivity index (χ0v) is 9.78. The lowest BCUT2D eigenvalue weighted by molar-refractivity contribution is -0.139. The molecule has 1 amide bonds. The third-order valence-corrected chi connectivity index (χ3v) is 2.04. The van der Waals surface area contributed by atoms with Crippen LogP contribution in [0.5, 0.6) is 0 Å². The highest BCUT2D eigenvalue weighted by Crippen LogP contribution is 1.97. The number of hydrogen-bond acceptors (Lipinski definition) is 3. The Labute approximate surface area is 96.6 Å². The van der Waals surface area contributed by atoms with E-state index in [1.54, 1.807) is 4.90 Å². The Kier molecular flexibility index (Phi) is 7.85. The second-order valence-corrected chi connectivity index (χ2v) is 3.25. The number of unbranched alkanes of at least 4 members (excludes halogenated alkanes) is 1. The molecule has 16 heavy (non-hydrogen) atoms. The van der Waals surface area contributed by atoms with Crippen LogP contribution >= 0.6 is 0 Å². The molecule has 0 bridgehead atoms. The van der Waals surface area contributed by atoms with Gasteiger partial charge in [-0.3, -0.25) is 4.79 Å². The number of carbonyl (C=O) groups is 2. The highest BCUT2D eigenvalue weighted by molar-refractivity contribution is 5.87. The Morgan fingerprint density at radius 3 is 2.44 bits per heavy atom. The third kappa shape index (κ3) is 6.01. The molecule has 0 atom stereocenters. The second-order valence-electron chi connectivity index (χ2n) is 3.25. The van der Waals surface area contributed by atoms with Gasteiger partial charge < -0.3 is 9.64 Å². The van der Waals surface area contributed by atoms with E-state index in [0.29, 0.717) is 13.1 Å². The van der Waals surface area contributed by atoms with Gasteiger partial charge in [-0.1, -0.05) is 26.5 Å². The van der Waals surface area contributed by atoms with Gasteiger partial charge in [-0.15, -0.1) is 0 Å². The molecule has 0 aromatic rings. The predicted octanol–water partition coefficient (Wildman–Crippen LogP) is 1.53. The van der Waals surface area contributed by atoms with Crippen LogP contribution in [0.1, 0.15) is 19.8 Å². The summed E-state index contributed by atoms with van der Waals surface area (Å²) in [6, 6.07) is 0. The SMILES string of the molecule is C=CC(=O)OCCN(CCCC)C(=O)C=C. The second kappa shape index (κ2) is 8.71. The number of amides is 1. The molecule has 0 aliphatic heterocycles. The summed E-state index contributed by atoms with van der Waals surface area (Å²) in [6.45, 7) is 10.0. The van der Waals surface area contributed by atoms with Crippen LogP contribution in [0.3, 0.4) is 0 Å². The number of rotatable bonds is 8. The first kappa shape index (κ1) is 14.4. The van der Waals surface area contributed by atoms with E-state index in [0.717, 1.165) is 18.9 Å². The van der Waals surface area contributed by atoms with Crippen LogP contribution in [0.25, 0.3) is 0 Å². The molecule has 4 heteroatoms. The van der Waals surface area contributed by atoms with Gasteiger partial charge in [0.15, 0.2) is 0 Å². The molecule has 0 aliphatic rings. The minimum absolute atomic E-state index is 0.136. The molecule has 0 aliphatic carbocycles. The molecule has 0 spiro atoms. The van der Waals surface area contributed by atoms with Crippen LogP contribution in [0.4, 0.5) is 0 Å². The van der Waals surface area contributed by atoms with Crippen molar-refractivity contribution in [2.24, 2.45) is 0 Å². The summed E-state index contributed by atoms with van der Waals surface area (Å²) in [5.41, 5.74) is 0. The molecule has 0 unspecified atom stereocenters. The van der Waals surface area contributed by atoms with Gasteiger partial charge in [0.25, 0.3) is 0 Å². The van der Waals surface area contributed by atoms with E-state index < -0.39 is 5.97 Å². The fourth-order valence-corrected chi connectivity index (χ4v) is 1.13. The van der Waals surface area contributed by atoms with Gasteiger partial charge in [0.1, 0.15) is 6.61 Å². The van der Waals surface area contributed by atoms with E-state index in [2.05, 4.69) is 13.2 Å². The summed E-state index contributed by atoms with van der Waals surface area (Å²) in [5, 5.41) is 0. The van der Waals surface area contributed by atoms with Crippen molar-refractivity contribution in [3.8, 4) is 0 Å². The van der Waals surface area contributed by atoms with Gasteiger partial charge in [-0.2, -0.15) is 0 Å². The van der Waals surface area contributed by atoms with E-state index in [1.165, 1.54) is 6.08 Å². The van der Waals surface area contributed by atoms with Crippen LogP contribution < -0.4 is 0 Å². The zero-order valence-electron chi connectivity index (χ0n) is 9.78. The summed E-state index contributed by atoms with van der Waals surface area (Å²) in [6.07, 6.45) is 4.30. The molecule has 0 N–H and O–H groups in total. The average Bonchev–Trinajstić information content (AvgIpc) is 2.32. The van der Waals surface area contributed by atoms with Crippen molar-refractivity contribution >= 4 is 11.9 Å². The van der Waals surface area contributed by atoms with Crippen molar-refractivity contribution < 1.29 is 14.3 Å². The molecule has 0 aromatic heterocycles. The summed E-state index contributed by atoms with van der Waals surface area (Å²) < 4.78 is 4.81. The van der Waals surface area contributed by atoms with Crippen LogP contribution in [-0.2, 0) is 14.3 Å². The summed E-state index contributed by atoms with van der Waals surface area (Å²) in [7, 11) is 0. The molecule has 0 rings (SSSR count). The van der Waals surface area contributed by atoms with Gasteiger partial charge in [0, 0.05) is 12.6 Å². The number of ether oxygens (including phenoxy) is 1. The molecule has 0 fully saturated rings. The van der Waals surface area contributed by atoms with E-state index in [-0.39, 0.29) is 12.5 Å². The predicted molar refractivity (Wildman–Crippen MR) is 62.8 cm³/mol. The van der Waals surface area contributed by atoms with Crippen molar-refractivity contribution in [2.45, 2.75) is 19.8 Å². The standard InChI is InChI=1S/C12H19NO3/c1-4-7-8-13(11(14)5-2)9-10-16-12(15)6-3/h5-6H,2-4,7-10H2,1H3. The number of esters is 1. The fourth-order valence-electron chi connectivity index (χ4n) is 1.13. The number of hydrogen-bond donors (Lipinski definition) is 0. The van der Waals surface area contributed by atoms with Gasteiger partial charge in [0.2, 0.25) is 5.91 Å². The van der Waals surface area contributed by atoms with E-state index >= 15 is 0 Å². The minimum atomic E-state index is -0.471. The van der Waals surface area contributed by atoms with Crippen molar-refractivity contribution in [3.63, 3.8) is 0 Å². The van der Waals surface area contributed by atoms with Crippen molar-refractivity contribution in [2.75, 3.05) is 19.7 Å². The maximum atomic E-state index is 11.4. The molecule has 90 valence electrons. The van der Waals surface area contributed by atoms with Crippen LogP contribution in [-0.4, -0.2) is 36.5 Å². The topological polar surface area (TPSA) is 46.6 Å². The van der Waals surface area contributed by atoms with Gasteiger partial charge >= 0.3 is 5.97 Å². The highest BCUT2D eigenvalue weighted by atomic mass is 16.5. The van der Waals surface area contributed by atoms with Crippen molar-refractivity contribution in [1.29, 1.82) is 0 Å². The molecular weight excluding hydrogens is 206 g/mol. The molecule has 4 nitrogen and oxygen atoms in total. The maximum absolute atomic E-state index is 11.4. The summed E-state index contributed by atoms with van der Waals surface area (Å²) in [4.78, 5) is 23.8. The smallest absolute Gasteiger partial charge is 0.330 e. The molecule has 0 saturated heterocycles. The van der Waals surface area contributed by atoms with Crippen molar-refractivity contribution in [3.05, 3.63) is 25.3 Å². The van der Waals surface area contributed by atoms with Gasteiger partial charge in [-0.05, 0) is 12.5 Å². The minimum Gasteiger partial charge on any atom is -0.461 e. The third-order valence-electron chi connectivity index (χ3n) is 2.04. The van der Waals surface area contributed by atoms with Gasteiger partial charge in [0.05, 0.1) is 6.54 Å². The Balaban J connectivity index is 4.00. The number of nitrogens with zero attached hydrogens (tertiary/aromatic N) is 1. The van der Waals surface area contributed by atoms with Crippen molar-refractivity contribution in [1.82, 2.24) is 4.90 Å². The van der Waals surface area contributed by atoms with E-state index in [9.17, 15) is 9.59 Å². The molecule has 0 radical (unpaired) electrons. The van der Waals surface area contributed by atoms with Crippen LogP contribution in [0, 0.1) is 0 Å². The monoisotopic (exact) mass is 225 g/mol. The Bertz CT molecular complexity index is 261. The zero-order chi connectivity index (χ0) is 12.4. The summed E-state index contributed by atoms with van der Waals surface area (Å²) >= 11 is 0. The first-order valence-electron chi connectivity index (χ1n) is 5.36. The Morgan fingerprint density at radius 2 is 1.94 bits per heavy atom. The molecule has 0 saturated carbocycles. The van der Waals surface area contributed by atoms with Crippen LogP contribution in [0.15, 0.2) is 25.3 Å². The first-order valence-corrected chi connectivity index (χ1v) is 5.36. The Morgan fingerprint density at radius 1 is 1.25 bits per heavy atom. The first-order chi connectivity index (χ1) is 7.65. The Hall–Kier alpha value is -1.58. The van der Waals surface area contributed by atoms with E-state index in [1.807, 2.05) is 6.92 Å². The lowest BCUT2D eigenvalue weighted by atomic mass is 10.3. The largest absolute Gasteiger partial charge is 0.461 e. The fraction of sp³-hybridized carbons (Fsp3) is 0.500. The van der Waals surface area contributed by atoms with E-state index in [4.69, 9.17) is 4.74 Å². The highest BCUT2D eigenvalue weighted by Gasteiger charge is 2.09. The lowest BCUT2D eigenvalue weighted by Crippen LogP contribution is -2.33. The lowest BCUT2D eigenvalue weighted by Gasteiger charge is -2.20. The molecule has 0 aromatic carbocycles. The normalized spacial score (nSPS) is 9.31.